The zero-order valence-corrected chi connectivity index (χ0v) is 11.2. The first-order chi connectivity index (χ1) is 7.04. The molecule has 0 aromatic carbocycles. The van der Waals surface area contributed by atoms with Gasteiger partial charge in [-0.1, -0.05) is 20.8 Å². The second-order valence-electron chi connectivity index (χ2n) is 4.18. The zero-order chi connectivity index (χ0) is 11.4. The van der Waals surface area contributed by atoms with Crippen LogP contribution in [0.5, 0.6) is 0 Å². The van der Waals surface area contributed by atoms with Gasteiger partial charge in [0.2, 0.25) is 5.13 Å². The van der Waals surface area contributed by atoms with Gasteiger partial charge >= 0.3 is 0 Å². The van der Waals surface area contributed by atoms with E-state index >= 15 is 0 Å². The fourth-order valence-electron chi connectivity index (χ4n) is 0.999. The summed E-state index contributed by atoms with van der Waals surface area (Å²) in [5, 5.41) is 4.22. The van der Waals surface area contributed by atoms with Crippen molar-refractivity contribution in [2.24, 2.45) is 5.92 Å². The third kappa shape index (κ3) is 3.61. The Balaban J connectivity index is 2.57. The summed E-state index contributed by atoms with van der Waals surface area (Å²) >= 11 is 7.21. The van der Waals surface area contributed by atoms with Crippen molar-refractivity contribution in [3.8, 4) is 0 Å². The van der Waals surface area contributed by atoms with E-state index in [1.807, 2.05) is 0 Å². The molecule has 0 amide bonds. The molecule has 1 N–H and O–H groups in total. The van der Waals surface area contributed by atoms with E-state index in [-0.39, 0.29) is 0 Å². The molecule has 0 fully saturated rings. The lowest BCUT2D eigenvalue weighted by molar-refractivity contribution is 0.565. The van der Waals surface area contributed by atoms with Crippen molar-refractivity contribution in [1.29, 1.82) is 0 Å². The van der Waals surface area contributed by atoms with Crippen molar-refractivity contribution < 1.29 is 0 Å². The van der Waals surface area contributed by atoms with Crippen LogP contribution in [0.15, 0.2) is 0 Å². The molecule has 5 heteroatoms. The molecule has 0 saturated heterocycles. The highest BCUT2D eigenvalue weighted by atomic mass is 35.5. The molecule has 1 aromatic heterocycles. The smallest absolute Gasteiger partial charge is 0.202 e. The lowest BCUT2D eigenvalue weighted by atomic mass is 10.1. The van der Waals surface area contributed by atoms with E-state index in [4.69, 9.17) is 11.6 Å². The van der Waals surface area contributed by atoms with Gasteiger partial charge in [-0.05, 0) is 12.8 Å². The molecule has 0 radical (unpaired) electrons. The van der Waals surface area contributed by atoms with Crippen LogP contribution in [0.3, 0.4) is 0 Å². The van der Waals surface area contributed by atoms with Gasteiger partial charge in [0.05, 0.1) is 0 Å². The maximum atomic E-state index is 5.80. The highest BCUT2D eigenvalue weighted by molar-refractivity contribution is 7.09. The van der Waals surface area contributed by atoms with E-state index in [2.05, 4.69) is 42.4 Å². The SMILES string of the molecule is CC(C)c1nsc(NC(C)C(C)CCl)n1. The Hall–Kier alpha value is -0.350. The van der Waals surface area contributed by atoms with Crippen molar-refractivity contribution in [2.75, 3.05) is 11.2 Å². The lowest BCUT2D eigenvalue weighted by Crippen LogP contribution is -2.24. The minimum absolute atomic E-state index is 0.329. The second-order valence-corrected chi connectivity index (χ2v) is 5.24. The molecule has 3 nitrogen and oxygen atoms in total. The number of aromatic nitrogens is 2. The lowest BCUT2D eigenvalue weighted by Gasteiger charge is -2.17. The van der Waals surface area contributed by atoms with E-state index in [1.54, 1.807) is 0 Å². The van der Waals surface area contributed by atoms with Crippen LogP contribution in [-0.4, -0.2) is 21.3 Å². The molecule has 0 aliphatic carbocycles. The second kappa shape index (κ2) is 5.66. The van der Waals surface area contributed by atoms with Crippen LogP contribution in [0.25, 0.3) is 0 Å². The molecule has 0 aliphatic heterocycles. The van der Waals surface area contributed by atoms with Crippen molar-refractivity contribution in [1.82, 2.24) is 9.36 Å². The third-order valence-electron chi connectivity index (χ3n) is 2.41. The molecule has 1 aromatic rings. The molecule has 0 bridgehead atoms. The van der Waals surface area contributed by atoms with Crippen molar-refractivity contribution in [3.05, 3.63) is 5.82 Å². The molecule has 15 heavy (non-hydrogen) atoms. The summed E-state index contributed by atoms with van der Waals surface area (Å²) in [6.45, 7) is 8.42. The molecule has 1 heterocycles. The summed E-state index contributed by atoms with van der Waals surface area (Å²) in [4.78, 5) is 4.42. The van der Waals surface area contributed by atoms with Gasteiger partial charge in [-0.15, -0.1) is 11.6 Å². The number of rotatable bonds is 5. The van der Waals surface area contributed by atoms with Gasteiger partial charge in [-0.2, -0.15) is 4.37 Å². The number of alkyl halides is 1. The van der Waals surface area contributed by atoms with Gasteiger partial charge in [0.1, 0.15) is 5.82 Å². The van der Waals surface area contributed by atoms with Crippen LogP contribution in [-0.2, 0) is 0 Å². The summed E-state index contributed by atoms with van der Waals surface area (Å²) in [6, 6.07) is 0.329. The molecule has 86 valence electrons. The molecule has 0 aliphatic rings. The number of halogens is 1. The Morgan fingerprint density at radius 3 is 2.47 bits per heavy atom. The summed E-state index contributed by atoms with van der Waals surface area (Å²) < 4.78 is 4.29. The topological polar surface area (TPSA) is 37.8 Å². The van der Waals surface area contributed by atoms with E-state index in [1.165, 1.54) is 11.5 Å². The minimum Gasteiger partial charge on any atom is -0.358 e. The van der Waals surface area contributed by atoms with Gasteiger partial charge in [0, 0.05) is 29.4 Å². The molecular formula is C10H18ClN3S. The Kier molecular flexibility index (Phi) is 4.80. The molecular weight excluding hydrogens is 230 g/mol. The number of nitrogens with one attached hydrogen (secondary N) is 1. The first-order valence-corrected chi connectivity index (χ1v) is 6.51. The Morgan fingerprint density at radius 2 is 2.00 bits per heavy atom. The average Bonchev–Trinajstić information content (AvgIpc) is 2.65. The Bertz CT molecular complexity index is 301. The molecule has 2 atom stereocenters. The van der Waals surface area contributed by atoms with E-state index in [0.29, 0.717) is 23.8 Å². The third-order valence-corrected chi connectivity index (χ3v) is 3.55. The fourth-order valence-corrected chi connectivity index (χ4v) is 2.07. The van der Waals surface area contributed by atoms with Crippen molar-refractivity contribution in [3.63, 3.8) is 0 Å². The first-order valence-electron chi connectivity index (χ1n) is 5.20. The number of nitrogens with zero attached hydrogens (tertiary/aromatic N) is 2. The van der Waals surface area contributed by atoms with Gasteiger partial charge < -0.3 is 5.32 Å². The average molecular weight is 248 g/mol. The number of hydrogen-bond donors (Lipinski definition) is 1. The van der Waals surface area contributed by atoms with Crippen molar-refractivity contribution >= 4 is 28.3 Å². The number of anilines is 1. The molecule has 1 rings (SSSR count). The standard InChI is InChI=1S/C10H18ClN3S/c1-6(2)9-13-10(15-14-9)12-8(4)7(3)5-11/h6-8H,5H2,1-4H3,(H,12,13,14). The normalized spacial score (nSPS) is 15.3. The predicted molar refractivity (Wildman–Crippen MR) is 67.0 cm³/mol. The minimum atomic E-state index is 0.329. The van der Waals surface area contributed by atoms with Crippen LogP contribution in [0.1, 0.15) is 39.4 Å². The van der Waals surface area contributed by atoms with Gasteiger partial charge in [-0.3, -0.25) is 0 Å². The van der Waals surface area contributed by atoms with Crippen LogP contribution in [0.2, 0.25) is 0 Å². The predicted octanol–water partition coefficient (Wildman–Crippen LogP) is 3.34. The van der Waals surface area contributed by atoms with Gasteiger partial charge in [-0.25, -0.2) is 4.98 Å². The summed E-state index contributed by atoms with van der Waals surface area (Å²) in [5.74, 6) is 2.38. The Labute approximate surface area is 100 Å². The zero-order valence-electron chi connectivity index (χ0n) is 9.62. The summed E-state index contributed by atoms with van der Waals surface area (Å²) in [5.41, 5.74) is 0. The highest BCUT2D eigenvalue weighted by Gasteiger charge is 2.13. The highest BCUT2D eigenvalue weighted by Crippen LogP contribution is 2.19. The van der Waals surface area contributed by atoms with Crippen LogP contribution in [0, 0.1) is 5.92 Å². The quantitative estimate of drug-likeness (QED) is 0.811. The Morgan fingerprint density at radius 1 is 1.33 bits per heavy atom. The van der Waals surface area contributed by atoms with E-state index in [9.17, 15) is 0 Å². The maximum absolute atomic E-state index is 5.80. The molecule has 2 unspecified atom stereocenters. The van der Waals surface area contributed by atoms with Gasteiger partial charge in [0.15, 0.2) is 0 Å². The van der Waals surface area contributed by atoms with Crippen LogP contribution >= 0.6 is 23.1 Å². The van der Waals surface area contributed by atoms with E-state index < -0.39 is 0 Å². The number of hydrogen-bond acceptors (Lipinski definition) is 4. The summed E-state index contributed by atoms with van der Waals surface area (Å²) in [7, 11) is 0. The molecule has 0 spiro atoms. The van der Waals surface area contributed by atoms with Crippen molar-refractivity contribution in [2.45, 2.75) is 39.7 Å². The van der Waals surface area contributed by atoms with Crippen LogP contribution < -0.4 is 5.32 Å². The summed E-state index contributed by atoms with van der Waals surface area (Å²) in [6.07, 6.45) is 0. The largest absolute Gasteiger partial charge is 0.358 e. The van der Waals surface area contributed by atoms with E-state index in [0.717, 1.165) is 11.0 Å². The molecule has 0 saturated carbocycles. The first kappa shape index (κ1) is 12.7. The van der Waals surface area contributed by atoms with Crippen LogP contribution in [0.4, 0.5) is 5.13 Å². The monoisotopic (exact) mass is 247 g/mol. The maximum Gasteiger partial charge on any atom is 0.202 e. The fraction of sp³-hybridized carbons (Fsp3) is 0.800. The van der Waals surface area contributed by atoms with Gasteiger partial charge in [0.25, 0.3) is 0 Å².